The Balaban J connectivity index is 1.65. The van der Waals surface area contributed by atoms with Gasteiger partial charge in [-0.15, -0.1) is 0 Å². The summed E-state index contributed by atoms with van der Waals surface area (Å²) < 4.78 is 17.7. The number of aliphatic imine (C=N–C) groups is 1. The van der Waals surface area contributed by atoms with Gasteiger partial charge in [-0.3, -0.25) is 0 Å². The average molecular weight is 648 g/mol. The van der Waals surface area contributed by atoms with Crippen molar-refractivity contribution >= 4 is 68.7 Å². The van der Waals surface area contributed by atoms with Gasteiger partial charge in [-0.05, 0) is 83.1 Å². The molecule has 4 rings (SSSR count). The summed E-state index contributed by atoms with van der Waals surface area (Å²) in [4.78, 5) is 17.7. The normalized spacial score (nSPS) is 15.4. The second-order valence-corrected chi connectivity index (χ2v) is 10.4. The zero-order valence-corrected chi connectivity index (χ0v) is 23.8. The van der Waals surface area contributed by atoms with E-state index in [4.69, 9.17) is 25.8 Å². The Hall–Kier alpha value is -2.95. The van der Waals surface area contributed by atoms with Gasteiger partial charge in [-0.2, -0.15) is 0 Å². The number of para-hydroxylation sites is 1. The molecule has 190 valence electrons. The molecule has 0 atom stereocenters. The topological polar surface area (TPSA) is 77.4 Å². The SMILES string of the molecule is CCOC(=O)C1=C(O)/C(=C/c2cc(I)c(OCc3ccc(Cl)cc3)c(OC)c2)SC1=Nc1ccccc1. The van der Waals surface area contributed by atoms with Gasteiger partial charge in [-0.1, -0.05) is 53.7 Å². The molecule has 0 amide bonds. The third-order valence-corrected chi connectivity index (χ3v) is 7.28. The lowest BCUT2D eigenvalue weighted by Crippen LogP contribution is -2.12. The number of carbonyl (C=O) groups excluding carboxylic acids is 1. The van der Waals surface area contributed by atoms with Gasteiger partial charge < -0.3 is 19.3 Å². The maximum Gasteiger partial charge on any atom is 0.344 e. The number of nitrogens with zero attached hydrogens (tertiary/aromatic N) is 1. The number of halogens is 2. The molecule has 0 saturated heterocycles. The van der Waals surface area contributed by atoms with Crippen molar-refractivity contribution in [3.63, 3.8) is 0 Å². The van der Waals surface area contributed by atoms with E-state index in [2.05, 4.69) is 27.6 Å². The van der Waals surface area contributed by atoms with Crippen LogP contribution in [0.4, 0.5) is 5.69 Å². The van der Waals surface area contributed by atoms with Crippen LogP contribution in [0.15, 0.2) is 88.0 Å². The molecule has 0 fully saturated rings. The molecule has 0 aromatic heterocycles. The van der Waals surface area contributed by atoms with E-state index in [9.17, 15) is 9.90 Å². The third-order valence-electron chi connectivity index (χ3n) is 5.20. The summed E-state index contributed by atoms with van der Waals surface area (Å²) in [6.45, 7) is 2.25. The van der Waals surface area contributed by atoms with Crippen molar-refractivity contribution in [3.05, 3.63) is 103 Å². The number of ether oxygens (including phenoxy) is 3. The highest BCUT2D eigenvalue weighted by Gasteiger charge is 2.33. The van der Waals surface area contributed by atoms with E-state index in [0.717, 1.165) is 14.7 Å². The molecule has 1 aliphatic rings. The summed E-state index contributed by atoms with van der Waals surface area (Å²) in [5, 5.41) is 12.0. The molecule has 1 N–H and O–H groups in total. The molecule has 1 aliphatic heterocycles. The number of thioether (sulfide) groups is 1. The van der Waals surface area contributed by atoms with E-state index in [1.807, 2.05) is 66.7 Å². The summed E-state index contributed by atoms with van der Waals surface area (Å²) in [6, 6.07) is 20.4. The zero-order chi connectivity index (χ0) is 26.4. The van der Waals surface area contributed by atoms with Crippen LogP contribution in [0.1, 0.15) is 18.1 Å². The molecule has 0 bridgehead atoms. The standard InChI is InChI=1S/C28H23ClINO5S/c1-3-35-28(33)24-25(32)23(37-27(24)31-20-7-5-4-6-8-20)15-18-13-21(30)26(22(14-18)34-2)36-16-17-9-11-19(29)12-10-17/h4-15,32H,3,16H2,1-2H3/b23-15-,31-27?. The quantitative estimate of drug-likeness (QED) is 0.199. The molecule has 0 spiro atoms. The van der Waals surface area contributed by atoms with E-state index < -0.39 is 5.97 Å². The lowest BCUT2D eigenvalue weighted by molar-refractivity contribution is -0.138. The molecule has 9 heteroatoms. The van der Waals surface area contributed by atoms with E-state index in [0.29, 0.717) is 38.8 Å². The number of hydrogen-bond acceptors (Lipinski definition) is 7. The highest BCUT2D eigenvalue weighted by atomic mass is 127. The maximum atomic E-state index is 12.7. The fraction of sp³-hybridized carbons (Fsp3) is 0.143. The average Bonchev–Trinajstić information content (AvgIpc) is 3.19. The predicted octanol–water partition coefficient (Wildman–Crippen LogP) is 7.73. The largest absolute Gasteiger partial charge is 0.506 e. The molecule has 6 nitrogen and oxygen atoms in total. The summed E-state index contributed by atoms with van der Waals surface area (Å²) >= 11 is 9.36. The van der Waals surface area contributed by atoms with Crippen molar-refractivity contribution in [2.24, 2.45) is 4.99 Å². The van der Waals surface area contributed by atoms with Crippen LogP contribution in [0.3, 0.4) is 0 Å². The van der Waals surface area contributed by atoms with Crippen molar-refractivity contribution in [2.75, 3.05) is 13.7 Å². The number of rotatable bonds is 8. The number of methoxy groups -OCH3 is 1. The van der Waals surface area contributed by atoms with Gasteiger partial charge in [-0.25, -0.2) is 9.79 Å². The maximum absolute atomic E-state index is 12.7. The van der Waals surface area contributed by atoms with Crippen molar-refractivity contribution in [3.8, 4) is 11.5 Å². The van der Waals surface area contributed by atoms with Crippen LogP contribution in [-0.4, -0.2) is 29.8 Å². The fourth-order valence-electron chi connectivity index (χ4n) is 3.46. The van der Waals surface area contributed by atoms with Crippen LogP contribution in [-0.2, 0) is 16.1 Å². The Morgan fingerprint density at radius 1 is 1.14 bits per heavy atom. The fourth-order valence-corrected chi connectivity index (χ4v) is 5.40. The van der Waals surface area contributed by atoms with Gasteiger partial charge in [0.05, 0.1) is 27.9 Å². The van der Waals surface area contributed by atoms with Crippen LogP contribution < -0.4 is 9.47 Å². The minimum absolute atomic E-state index is 0.0477. The van der Waals surface area contributed by atoms with Gasteiger partial charge >= 0.3 is 5.97 Å². The van der Waals surface area contributed by atoms with Crippen LogP contribution in [0, 0.1) is 3.57 Å². The van der Waals surface area contributed by atoms with Crippen LogP contribution >= 0.6 is 46.0 Å². The molecule has 0 saturated carbocycles. The molecule has 0 unspecified atom stereocenters. The summed E-state index contributed by atoms with van der Waals surface area (Å²) in [5.74, 6) is 0.361. The molecular weight excluding hydrogens is 625 g/mol. The number of aliphatic hydroxyl groups is 1. The lowest BCUT2D eigenvalue weighted by Gasteiger charge is -2.14. The Morgan fingerprint density at radius 3 is 2.54 bits per heavy atom. The summed E-state index contributed by atoms with van der Waals surface area (Å²) in [5.41, 5.74) is 2.45. The molecule has 37 heavy (non-hydrogen) atoms. The predicted molar refractivity (Wildman–Crippen MR) is 157 cm³/mol. The molecule has 0 radical (unpaired) electrons. The summed E-state index contributed by atoms with van der Waals surface area (Å²) in [7, 11) is 1.57. The van der Waals surface area contributed by atoms with Crippen LogP contribution in [0.25, 0.3) is 6.08 Å². The first-order valence-corrected chi connectivity index (χ1v) is 13.6. The van der Waals surface area contributed by atoms with E-state index in [1.165, 1.54) is 11.8 Å². The van der Waals surface area contributed by atoms with Gasteiger partial charge in [0, 0.05) is 5.02 Å². The van der Waals surface area contributed by atoms with E-state index in [-0.39, 0.29) is 17.9 Å². The first-order valence-electron chi connectivity index (χ1n) is 11.3. The van der Waals surface area contributed by atoms with Crippen molar-refractivity contribution in [1.29, 1.82) is 0 Å². The second-order valence-electron chi connectivity index (χ2n) is 7.76. The van der Waals surface area contributed by atoms with Crippen molar-refractivity contribution in [1.82, 2.24) is 0 Å². The van der Waals surface area contributed by atoms with Gasteiger partial charge in [0.15, 0.2) is 11.5 Å². The molecule has 0 aliphatic carbocycles. The van der Waals surface area contributed by atoms with Gasteiger partial charge in [0.25, 0.3) is 0 Å². The van der Waals surface area contributed by atoms with Gasteiger partial charge in [0.2, 0.25) is 0 Å². The third kappa shape index (κ3) is 6.68. The molecular formula is C28H23ClINO5S. The first kappa shape index (κ1) is 27.1. The Bertz CT molecular complexity index is 1390. The lowest BCUT2D eigenvalue weighted by atomic mass is 10.1. The Morgan fingerprint density at radius 2 is 1.86 bits per heavy atom. The van der Waals surface area contributed by atoms with Crippen molar-refractivity contribution < 1.29 is 24.1 Å². The molecule has 3 aromatic carbocycles. The smallest absolute Gasteiger partial charge is 0.344 e. The number of esters is 1. The molecule has 1 heterocycles. The summed E-state index contributed by atoms with van der Waals surface area (Å²) in [6.07, 6.45) is 1.78. The van der Waals surface area contributed by atoms with Gasteiger partial charge in [0.1, 0.15) is 23.0 Å². The van der Waals surface area contributed by atoms with Crippen molar-refractivity contribution in [2.45, 2.75) is 13.5 Å². The monoisotopic (exact) mass is 647 g/mol. The number of carbonyl (C=O) groups is 1. The Labute approximate surface area is 238 Å². The van der Waals surface area contributed by atoms with Crippen LogP contribution in [0.5, 0.6) is 11.5 Å². The zero-order valence-electron chi connectivity index (χ0n) is 20.0. The van der Waals surface area contributed by atoms with E-state index >= 15 is 0 Å². The first-order chi connectivity index (χ1) is 17.9. The minimum Gasteiger partial charge on any atom is -0.506 e. The number of benzene rings is 3. The minimum atomic E-state index is -0.622. The number of hydrogen-bond donors (Lipinski definition) is 1. The second kappa shape index (κ2) is 12.5. The van der Waals surface area contributed by atoms with E-state index in [1.54, 1.807) is 20.1 Å². The molecule has 3 aromatic rings. The Kier molecular flexibility index (Phi) is 9.18. The van der Waals surface area contributed by atoms with Crippen LogP contribution in [0.2, 0.25) is 5.02 Å². The number of aliphatic hydroxyl groups excluding tert-OH is 1. The highest BCUT2D eigenvalue weighted by molar-refractivity contribution is 14.1. The highest BCUT2D eigenvalue weighted by Crippen LogP contribution is 2.42.